The summed E-state index contributed by atoms with van der Waals surface area (Å²) in [4.78, 5) is 13.7. The van der Waals surface area contributed by atoms with Crippen molar-refractivity contribution in [2.45, 2.75) is 6.42 Å². The fourth-order valence-electron chi connectivity index (χ4n) is 1.86. The fraction of sp³-hybridized carbons (Fsp3) is 0.176. The molecule has 0 aliphatic rings. The van der Waals surface area contributed by atoms with Crippen LogP contribution in [0, 0.1) is 5.82 Å². The largest absolute Gasteiger partial charge is 0.378 e. The van der Waals surface area contributed by atoms with Gasteiger partial charge in [0.25, 0.3) is 0 Å². The van der Waals surface area contributed by atoms with Gasteiger partial charge in [-0.05, 0) is 35.4 Å². The van der Waals surface area contributed by atoms with Crippen LogP contribution in [0.1, 0.15) is 11.1 Å². The molecule has 1 N–H and O–H groups in total. The molecule has 2 rings (SSSR count). The van der Waals surface area contributed by atoms with E-state index in [9.17, 15) is 9.18 Å². The minimum Gasteiger partial charge on any atom is -0.378 e. The van der Waals surface area contributed by atoms with Gasteiger partial charge in [0, 0.05) is 19.8 Å². The first-order chi connectivity index (χ1) is 10.5. The first-order valence-electron chi connectivity index (χ1n) is 6.88. The summed E-state index contributed by atoms with van der Waals surface area (Å²) in [6.45, 7) is 0. The number of carbonyl (C=O) groups excluding carboxylic acids is 1. The van der Waals surface area contributed by atoms with Crippen molar-refractivity contribution >= 4 is 17.8 Å². The molecule has 0 saturated heterocycles. The van der Waals surface area contributed by atoms with E-state index in [0.29, 0.717) is 0 Å². The first kappa shape index (κ1) is 15.7. The molecule has 2 aromatic carbocycles. The van der Waals surface area contributed by atoms with Gasteiger partial charge in [0.15, 0.2) is 0 Å². The Bertz CT molecular complexity index is 649. The summed E-state index contributed by atoms with van der Waals surface area (Å²) >= 11 is 0. The zero-order valence-electron chi connectivity index (χ0n) is 12.6. The molecule has 0 heterocycles. The van der Waals surface area contributed by atoms with Gasteiger partial charge in [-0.2, -0.15) is 5.10 Å². The number of benzene rings is 2. The number of nitrogens with one attached hydrogen (secondary N) is 1. The van der Waals surface area contributed by atoms with Crippen LogP contribution in [0.2, 0.25) is 0 Å². The lowest BCUT2D eigenvalue weighted by atomic mass is 10.1. The molecule has 0 aliphatic heterocycles. The third-order valence-electron chi connectivity index (χ3n) is 3.09. The first-order valence-corrected chi connectivity index (χ1v) is 6.88. The van der Waals surface area contributed by atoms with Crippen LogP contribution in [-0.4, -0.2) is 26.2 Å². The third-order valence-corrected chi connectivity index (χ3v) is 3.09. The molecule has 4 nitrogen and oxygen atoms in total. The molecule has 0 radical (unpaired) electrons. The minimum absolute atomic E-state index is 0.164. The number of anilines is 1. The number of hydrogen-bond donors (Lipinski definition) is 1. The summed E-state index contributed by atoms with van der Waals surface area (Å²) in [5.74, 6) is -0.559. The molecule has 0 fully saturated rings. The van der Waals surface area contributed by atoms with E-state index in [1.807, 2.05) is 43.3 Å². The van der Waals surface area contributed by atoms with Gasteiger partial charge in [0.1, 0.15) is 5.82 Å². The third kappa shape index (κ3) is 4.70. The summed E-state index contributed by atoms with van der Waals surface area (Å²) in [7, 11) is 3.94. The average molecular weight is 299 g/mol. The highest BCUT2D eigenvalue weighted by Crippen LogP contribution is 2.10. The predicted octanol–water partition coefficient (Wildman–Crippen LogP) is 2.58. The second kappa shape index (κ2) is 7.36. The molecule has 0 spiro atoms. The summed E-state index contributed by atoms with van der Waals surface area (Å²) in [6, 6.07) is 13.6. The Hall–Kier alpha value is -2.69. The SMILES string of the molecule is CN(C)c1ccc(C=NNC(=O)Cc2ccc(F)cc2)cc1. The van der Waals surface area contributed by atoms with Gasteiger partial charge in [-0.25, -0.2) is 9.82 Å². The smallest absolute Gasteiger partial charge is 0.244 e. The van der Waals surface area contributed by atoms with Crippen LogP contribution in [0.15, 0.2) is 53.6 Å². The molecular formula is C17H18FN3O. The predicted molar refractivity (Wildman–Crippen MR) is 86.6 cm³/mol. The molecule has 0 bridgehead atoms. The molecule has 0 aliphatic carbocycles. The van der Waals surface area contributed by atoms with Crippen LogP contribution in [0.3, 0.4) is 0 Å². The van der Waals surface area contributed by atoms with Crippen LogP contribution < -0.4 is 10.3 Å². The number of hydrazone groups is 1. The standard InChI is InChI=1S/C17H18FN3O/c1-21(2)16-9-5-14(6-10-16)12-19-20-17(22)11-13-3-7-15(18)8-4-13/h3-10,12H,11H2,1-2H3,(H,20,22). The van der Waals surface area contributed by atoms with E-state index in [1.165, 1.54) is 12.1 Å². The number of rotatable bonds is 5. The lowest BCUT2D eigenvalue weighted by molar-refractivity contribution is -0.120. The molecular weight excluding hydrogens is 281 g/mol. The number of hydrogen-bond acceptors (Lipinski definition) is 3. The van der Waals surface area contributed by atoms with Gasteiger partial charge in [0.2, 0.25) is 5.91 Å². The van der Waals surface area contributed by atoms with Crippen molar-refractivity contribution in [2.24, 2.45) is 5.10 Å². The van der Waals surface area contributed by atoms with Crippen molar-refractivity contribution in [3.63, 3.8) is 0 Å². The molecule has 22 heavy (non-hydrogen) atoms. The van der Waals surface area contributed by atoms with Gasteiger partial charge in [-0.3, -0.25) is 4.79 Å². The summed E-state index contributed by atoms with van der Waals surface area (Å²) in [6.07, 6.45) is 1.75. The Morgan fingerprint density at radius 1 is 1.14 bits per heavy atom. The van der Waals surface area contributed by atoms with Gasteiger partial charge in [-0.1, -0.05) is 24.3 Å². The lowest BCUT2D eigenvalue weighted by Crippen LogP contribution is -2.19. The van der Waals surface area contributed by atoms with Gasteiger partial charge >= 0.3 is 0 Å². The van der Waals surface area contributed by atoms with Crippen molar-refractivity contribution in [1.82, 2.24) is 5.43 Å². The Kier molecular flexibility index (Phi) is 5.25. The van der Waals surface area contributed by atoms with Crippen molar-refractivity contribution in [2.75, 3.05) is 19.0 Å². The quantitative estimate of drug-likeness (QED) is 0.681. The molecule has 0 aromatic heterocycles. The van der Waals surface area contributed by atoms with Crippen molar-refractivity contribution in [3.8, 4) is 0 Å². The van der Waals surface area contributed by atoms with Crippen LogP contribution >= 0.6 is 0 Å². The molecule has 5 heteroatoms. The maximum atomic E-state index is 12.8. The zero-order valence-corrected chi connectivity index (χ0v) is 12.6. The number of nitrogens with zero attached hydrogens (tertiary/aromatic N) is 2. The Morgan fingerprint density at radius 3 is 2.36 bits per heavy atom. The highest BCUT2D eigenvalue weighted by Gasteiger charge is 2.02. The van der Waals surface area contributed by atoms with Crippen molar-refractivity contribution in [1.29, 1.82) is 0 Å². The summed E-state index contributed by atoms with van der Waals surface area (Å²) in [5.41, 5.74) is 5.19. The van der Waals surface area contributed by atoms with Crippen molar-refractivity contribution in [3.05, 3.63) is 65.5 Å². The fourth-order valence-corrected chi connectivity index (χ4v) is 1.86. The maximum absolute atomic E-state index is 12.8. The van der Waals surface area contributed by atoms with E-state index in [4.69, 9.17) is 0 Å². The topological polar surface area (TPSA) is 44.7 Å². The van der Waals surface area contributed by atoms with Gasteiger partial charge in [0.05, 0.1) is 12.6 Å². The Labute approximate surface area is 129 Å². The molecule has 2 aromatic rings. The van der Waals surface area contributed by atoms with Gasteiger partial charge in [-0.15, -0.1) is 0 Å². The second-order valence-electron chi connectivity index (χ2n) is 5.08. The molecule has 0 saturated carbocycles. The van der Waals surface area contributed by atoms with Crippen LogP contribution in [0.5, 0.6) is 0 Å². The average Bonchev–Trinajstić information content (AvgIpc) is 2.50. The van der Waals surface area contributed by atoms with Crippen LogP contribution in [0.25, 0.3) is 0 Å². The normalized spacial score (nSPS) is 10.7. The van der Waals surface area contributed by atoms with E-state index >= 15 is 0 Å². The van der Waals surface area contributed by atoms with E-state index in [1.54, 1.807) is 18.3 Å². The highest BCUT2D eigenvalue weighted by molar-refractivity contribution is 5.83. The number of carbonyl (C=O) groups is 1. The Morgan fingerprint density at radius 2 is 1.77 bits per heavy atom. The summed E-state index contributed by atoms with van der Waals surface area (Å²) in [5, 5.41) is 3.92. The zero-order chi connectivity index (χ0) is 15.9. The maximum Gasteiger partial charge on any atom is 0.244 e. The number of halogens is 1. The van der Waals surface area contributed by atoms with Gasteiger partial charge < -0.3 is 4.90 Å². The monoisotopic (exact) mass is 299 g/mol. The highest BCUT2D eigenvalue weighted by atomic mass is 19.1. The molecule has 1 amide bonds. The number of amides is 1. The molecule has 114 valence electrons. The summed E-state index contributed by atoms with van der Waals surface area (Å²) < 4.78 is 12.8. The Balaban J connectivity index is 1.86. The van der Waals surface area contributed by atoms with Crippen LogP contribution in [0.4, 0.5) is 10.1 Å². The van der Waals surface area contributed by atoms with Crippen LogP contribution in [-0.2, 0) is 11.2 Å². The van der Waals surface area contributed by atoms with Crippen molar-refractivity contribution < 1.29 is 9.18 Å². The molecule has 0 unspecified atom stereocenters. The minimum atomic E-state index is -0.316. The van der Waals surface area contributed by atoms with E-state index in [2.05, 4.69) is 10.5 Å². The lowest BCUT2D eigenvalue weighted by Gasteiger charge is -2.11. The molecule has 0 atom stereocenters. The van der Waals surface area contributed by atoms with E-state index in [0.717, 1.165) is 16.8 Å². The van der Waals surface area contributed by atoms with E-state index in [-0.39, 0.29) is 18.1 Å². The second-order valence-corrected chi connectivity index (χ2v) is 5.08. The van der Waals surface area contributed by atoms with E-state index < -0.39 is 0 Å².